The molecular formula is C11H17Cl2NO3. The summed E-state index contributed by atoms with van der Waals surface area (Å²) >= 11 is 11.7. The highest BCUT2D eigenvalue weighted by atomic mass is 35.5. The molecule has 0 radical (unpaired) electrons. The number of carboxylic acid groups (broad SMARTS) is 1. The van der Waals surface area contributed by atoms with Gasteiger partial charge in [0.15, 0.2) is 0 Å². The SMILES string of the molecule is CC(C)C[C@@H](NC(=O)[C@]1(C)CC1(Cl)Cl)C(=O)O. The molecule has 98 valence electrons. The summed E-state index contributed by atoms with van der Waals surface area (Å²) in [5, 5.41) is 11.5. The van der Waals surface area contributed by atoms with E-state index in [2.05, 4.69) is 5.32 Å². The number of carboxylic acids is 1. The van der Waals surface area contributed by atoms with Gasteiger partial charge in [-0.2, -0.15) is 0 Å². The molecule has 0 saturated heterocycles. The molecule has 0 aromatic heterocycles. The van der Waals surface area contributed by atoms with Crippen LogP contribution in [-0.2, 0) is 9.59 Å². The van der Waals surface area contributed by atoms with Crippen LogP contribution in [0.15, 0.2) is 0 Å². The minimum absolute atomic E-state index is 0.181. The van der Waals surface area contributed by atoms with Crippen LogP contribution in [0.3, 0.4) is 0 Å². The summed E-state index contributed by atoms with van der Waals surface area (Å²) < 4.78 is -1.07. The minimum Gasteiger partial charge on any atom is -0.480 e. The first-order chi connectivity index (χ1) is 7.60. The highest BCUT2D eigenvalue weighted by Gasteiger charge is 2.68. The standard InChI is InChI=1S/C11H17Cl2NO3/c1-6(2)4-7(8(15)16)14-9(17)10(3)5-11(10,12)13/h6-7H,4-5H2,1-3H3,(H,14,17)(H,15,16)/t7-,10+/m1/s1. The zero-order valence-corrected chi connectivity index (χ0v) is 11.6. The zero-order valence-electron chi connectivity index (χ0n) is 10.1. The van der Waals surface area contributed by atoms with Gasteiger partial charge < -0.3 is 10.4 Å². The Bertz CT molecular complexity index is 344. The van der Waals surface area contributed by atoms with Gasteiger partial charge in [-0.05, 0) is 25.7 Å². The Labute approximate surface area is 111 Å². The average Bonchev–Trinajstić information content (AvgIpc) is 2.65. The van der Waals surface area contributed by atoms with Gasteiger partial charge in [0, 0.05) is 0 Å². The van der Waals surface area contributed by atoms with Crippen LogP contribution in [-0.4, -0.2) is 27.4 Å². The maximum atomic E-state index is 11.9. The Hall–Kier alpha value is -0.480. The number of hydrogen-bond acceptors (Lipinski definition) is 2. The van der Waals surface area contributed by atoms with E-state index in [4.69, 9.17) is 28.3 Å². The van der Waals surface area contributed by atoms with E-state index in [1.54, 1.807) is 6.92 Å². The van der Waals surface area contributed by atoms with Crippen molar-refractivity contribution in [1.82, 2.24) is 5.32 Å². The fourth-order valence-corrected chi connectivity index (χ4v) is 2.36. The van der Waals surface area contributed by atoms with E-state index < -0.39 is 27.7 Å². The predicted octanol–water partition coefficient (Wildman–Crippen LogP) is 2.19. The third-order valence-electron chi connectivity index (χ3n) is 3.07. The van der Waals surface area contributed by atoms with Crippen molar-refractivity contribution in [1.29, 1.82) is 0 Å². The molecule has 1 amide bonds. The number of alkyl halides is 2. The van der Waals surface area contributed by atoms with Gasteiger partial charge in [0.25, 0.3) is 0 Å². The van der Waals surface area contributed by atoms with Crippen molar-refractivity contribution >= 4 is 35.1 Å². The van der Waals surface area contributed by atoms with E-state index in [1.165, 1.54) is 0 Å². The Morgan fingerprint density at radius 1 is 1.41 bits per heavy atom. The molecule has 1 fully saturated rings. The fourth-order valence-electron chi connectivity index (χ4n) is 1.66. The molecule has 0 unspecified atom stereocenters. The van der Waals surface area contributed by atoms with Crippen molar-refractivity contribution in [2.45, 2.75) is 44.0 Å². The molecule has 6 heteroatoms. The Balaban J connectivity index is 2.63. The summed E-state index contributed by atoms with van der Waals surface area (Å²) in [6, 6.07) is -0.885. The predicted molar refractivity (Wildman–Crippen MR) is 66.2 cm³/mol. The van der Waals surface area contributed by atoms with Gasteiger partial charge in [0.05, 0.1) is 5.41 Å². The third-order valence-corrected chi connectivity index (χ3v) is 4.17. The number of amides is 1. The molecule has 17 heavy (non-hydrogen) atoms. The molecule has 0 bridgehead atoms. The number of nitrogens with one attached hydrogen (secondary N) is 1. The Kier molecular flexibility index (Phi) is 3.99. The van der Waals surface area contributed by atoms with Crippen molar-refractivity contribution < 1.29 is 14.7 Å². The number of aliphatic carboxylic acids is 1. The summed E-state index contributed by atoms with van der Waals surface area (Å²) in [5.41, 5.74) is -0.874. The second-order valence-corrected chi connectivity index (χ2v) is 6.69. The van der Waals surface area contributed by atoms with E-state index >= 15 is 0 Å². The van der Waals surface area contributed by atoms with Crippen molar-refractivity contribution in [3.05, 3.63) is 0 Å². The first-order valence-corrected chi connectivity index (χ1v) is 6.27. The van der Waals surface area contributed by atoms with Gasteiger partial charge >= 0.3 is 5.97 Å². The number of carbonyl (C=O) groups excluding carboxylic acids is 1. The maximum absolute atomic E-state index is 11.9. The molecule has 0 aromatic carbocycles. The molecular weight excluding hydrogens is 265 g/mol. The molecule has 1 aliphatic rings. The molecule has 4 nitrogen and oxygen atoms in total. The van der Waals surface area contributed by atoms with Crippen LogP contribution in [0.25, 0.3) is 0 Å². The van der Waals surface area contributed by atoms with Crippen LogP contribution in [0, 0.1) is 11.3 Å². The first kappa shape index (κ1) is 14.6. The number of rotatable bonds is 5. The normalized spacial score (nSPS) is 27.6. The monoisotopic (exact) mass is 281 g/mol. The highest BCUT2D eigenvalue weighted by Crippen LogP contribution is 2.63. The van der Waals surface area contributed by atoms with Crippen LogP contribution in [0.5, 0.6) is 0 Å². The van der Waals surface area contributed by atoms with Crippen molar-refractivity contribution in [2.75, 3.05) is 0 Å². The van der Waals surface area contributed by atoms with E-state index in [0.717, 1.165) is 0 Å². The van der Waals surface area contributed by atoms with Crippen LogP contribution in [0.1, 0.15) is 33.6 Å². The number of carbonyl (C=O) groups is 2. The lowest BCUT2D eigenvalue weighted by molar-refractivity contribution is -0.143. The zero-order chi connectivity index (χ0) is 13.4. The van der Waals surface area contributed by atoms with Gasteiger partial charge in [-0.1, -0.05) is 13.8 Å². The molecule has 1 aliphatic carbocycles. The van der Waals surface area contributed by atoms with E-state index in [-0.39, 0.29) is 5.92 Å². The molecule has 0 aliphatic heterocycles. The third kappa shape index (κ3) is 3.05. The van der Waals surface area contributed by atoms with E-state index in [1.807, 2.05) is 13.8 Å². The molecule has 0 aromatic rings. The summed E-state index contributed by atoms with van der Waals surface area (Å²) in [4.78, 5) is 22.9. The molecule has 1 saturated carbocycles. The average molecular weight is 282 g/mol. The summed E-state index contributed by atoms with van der Waals surface area (Å²) in [7, 11) is 0. The van der Waals surface area contributed by atoms with Crippen LogP contribution < -0.4 is 5.32 Å². The van der Waals surface area contributed by atoms with Crippen molar-refractivity contribution in [3.8, 4) is 0 Å². The van der Waals surface area contributed by atoms with Crippen LogP contribution >= 0.6 is 23.2 Å². The van der Waals surface area contributed by atoms with Crippen molar-refractivity contribution in [2.24, 2.45) is 11.3 Å². The number of hydrogen-bond donors (Lipinski definition) is 2. The van der Waals surface area contributed by atoms with E-state index in [0.29, 0.717) is 12.8 Å². The fraction of sp³-hybridized carbons (Fsp3) is 0.818. The molecule has 0 spiro atoms. The topological polar surface area (TPSA) is 66.4 Å². The summed E-state index contributed by atoms with van der Waals surface area (Å²) in [6.07, 6.45) is 0.734. The quantitative estimate of drug-likeness (QED) is 0.759. The molecule has 2 N–H and O–H groups in total. The first-order valence-electron chi connectivity index (χ1n) is 5.52. The molecule has 0 heterocycles. The van der Waals surface area contributed by atoms with Gasteiger partial charge in [-0.3, -0.25) is 4.79 Å². The molecule has 2 atom stereocenters. The lowest BCUT2D eigenvalue weighted by Gasteiger charge is -2.19. The second kappa shape index (κ2) is 4.65. The largest absolute Gasteiger partial charge is 0.480 e. The highest BCUT2D eigenvalue weighted by molar-refractivity contribution is 6.53. The maximum Gasteiger partial charge on any atom is 0.326 e. The lowest BCUT2D eigenvalue weighted by Crippen LogP contribution is -2.45. The summed E-state index contributed by atoms with van der Waals surface area (Å²) in [6.45, 7) is 5.43. The minimum atomic E-state index is -1.07. The molecule has 1 rings (SSSR count). The van der Waals surface area contributed by atoms with Gasteiger partial charge in [-0.15, -0.1) is 23.2 Å². The summed E-state index contributed by atoms with van der Waals surface area (Å²) in [5.74, 6) is -1.25. The number of halogens is 2. The van der Waals surface area contributed by atoms with Crippen molar-refractivity contribution in [3.63, 3.8) is 0 Å². The van der Waals surface area contributed by atoms with Gasteiger partial charge in [-0.25, -0.2) is 4.79 Å². The Morgan fingerprint density at radius 3 is 2.18 bits per heavy atom. The van der Waals surface area contributed by atoms with E-state index in [9.17, 15) is 9.59 Å². The Morgan fingerprint density at radius 2 is 1.88 bits per heavy atom. The van der Waals surface area contributed by atoms with Gasteiger partial charge in [0.2, 0.25) is 5.91 Å². The van der Waals surface area contributed by atoms with Crippen LogP contribution in [0.4, 0.5) is 0 Å². The second-order valence-electron chi connectivity index (χ2n) is 5.21. The smallest absolute Gasteiger partial charge is 0.326 e. The lowest BCUT2D eigenvalue weighted by atomic mass is 10.0. The van der Waals surface area contributed by atoms with Crippen LogP contribution in [0.2, 0.25) is 0 Å². The van der Waals surface area contributed by atoms with Gasteiger partial charge in [0.1, 0.15) is 10.4 Å².